The zero-order valence-corrected chi connectivity index (χ0v) is 16.2. The third-order valence-corrected chi connectivity index (χ3v) is 5.41. The fraction of sp³-hybridized carbons (Fsp3) is 0.143. The summed E-state index contributed by atoms with van der Waals surface area (Å²) in [4.78, 5) is 29.6. The van der Waals surface area contributed by atoms with Crippen molar-refractivity contribution in [2.75, 3.05) is 12.1 Å². The topological polar surface area (TPSA) is 71.9 Å². The van der Waals surface area contributed by atoms with Gasteiger partial charge in [-0.15, -0.1) is 0 Å². The Balaban J connectivity index is 1.81. The van der Waals surface area contributed by atoms with Crippen molar-refractivity contribution in [3.63, 3.8) is 0 Å². The molecule has 0 atom stereocenters. The first-order chi connectivity index (χ1) is 13.6. The Hall–Kier alpha value is -3.32. The first kappa shape index (κ1) is 18.1. The molecule has 0 spiro atoms. The monoisotopic (exact) mass is 391 g/mol. The van der Waals surface area contributed by atoms with Gasteiger partial charge < -0.3 is 4.74 Å². The summed E-state index contributed by atoms with van der Waals surface area (Å²) in [5, 5.41) is 6.23. The number of amides is 1. The van der Waals surface area contributed by atoms with Crippen LogP contribution in [0.25, 0.3) is 21.7 Å². The van der Waals surface area contributed by atoms with E-state index in [1.165, 1.54) is 23.5 Å². The largest absolute Gasteiger partial charge is 0.465 e. The van der Waals surface area contributed by atoms with E-state index in [2.05, 4.69) is 5.10 Å². The van der Waals surface area contributed by atoms with E-state index in [1.54, 1.807) is 12.1 Å². The van der Waals surface area contributed by atoms with Gasteiger partial charge in [0.1, 0.15) is 0 Å². The maximum Gasteiger partial charge on any atom is 0.337 e. The van der Waals surface area contributed by atoms with E-state index in [9.17, 15) is 9.59 Å². The van der Waals surface area contributed by atoms with Gasteiger partial charge in [-0.2, -0.15) is 10.1 Å². The van der Waals surface area contributed by atoms with Crippen LogP contribution in [0.1, 0.15) is 23.7 Å². The van der Waals surface area contributed by atoms with E-state index >= 15 is 0 Å². The molecule has 0 saturated carbocycles. The van der Waals surface area contributed by atoms with Gasteiger partial charge in [-0.05, 0) is 24.6 Å². The van der Waals surface area contributed by atoms with Gasteiger partial charge in [0, 0.05) is 11.3 Å². The van der Waals surface area contributed by atoms with Gasteiger partial charge in [-0.1, -0.05) is 53.8 Å². The van der Waals surface area contributed by atoms with E-state index in [0.29, 0.717) is 17.1 Å². The van der Waals surface area contributed by atoms with Crippen LogP contribution in [0.3, 0.4) is 0 Å². The van der Waals surface area contributed by atoms with Gasteiger partial charge in [-0.25, -0.2) is 9.78 Å². The van der Waals surface area contributed by atoms with Crippen LogP contribution in [-0.4, -0.2) is 29.7 Å². The van der Waals surface area contributed by atoms with Crippen LogP contribution in [0.2, 0.25) is 0 Å². The van der Waals surface area contributed by atoms with Crippen LogP contribution in [-0.2, 0) is 9.53 Å². The predicted molar refractivity (Wildman–Crippen MR) is 110 cm³/mol. The van der Waals surface area contributed by atoms with Crippen molar-refractivity contribution in [1.29, 1.82) is 0 Å². The van der Waals surface area contributed by atoms with Gasteiger partial charge in [0.25, 0.3) is 5.91 Å². The average molecular weight is 391 g/mol. The second-order valence-corrected chi connectivity index (χ2v) is 7.30. The van der Waals surface area contributed by atoms with Gasteiger partial charge in [-0.3, -0.25) is 4.79 Å². The molecule has 0 radical (unpaired) electrons. The molecule has 2 aromatic carbocycles. The van der Waals surface area contributed by atoms with E-state index in [0.717, 1.165) is 27.4 Å². The highest BCUT2D eigenvalue weighted by Crippen LogP contribution is 2.41. The molecule has 7 heteroatoms. The first-order valence-electron chi connectivity index (χ1n) is 8.69. The van der Waals surface area contributed by atoms with Gasteiger partial charge in [0.05, 0.1) is 29.7 Å². The van der Waals surface area contributed by atoms with Crippen LogP contribution in [0.4, 0.5) is 5.13 Å². The van der Waals surface area contributed by atoms with Crippen LogP contribution < -0.4 is 5.01 Å². The molecular weight excluding hydrogens is 374 g/mol. The second kappa shape index (κ2) is 7.36. The third-order valence-electron chi connectivity index (χ3n) is 4.33. The van der Waals surface area contributed by atoms with Crippen LogP contribution in [0, 0.1) is 0 Å². The number of methoxy groups -OCH3 is 1. The quantitative estimate of drug-likeness (QED) is 0.619. The van der Waals surface area contributed by atoms with Crippen molar-refractivity contribution < 1.29 is 14.3 Å². The van der Waals surface area contributed by atoms with Crippen LogP contribution in [0.5, 0.6) is 0 Å². The number of ether oxygens (including phenoxy) is 1. The number of rotatable bonds is 4. The lowest BCUT2D eigenvalue weighted by molar-refractivity contribution is -0.116. The highest BCUT2D eigenvalue weighted by molar-refractivity contribution is 7.19. The maximum atomic E-state index is 12.3. The number of carbonyl (C=O) groups excluding carboxylic acids is 2. The Morgan fingerprint density at radius 1 is 1.07 bits per heavy atom. The van der Waals surface area contributed by atoms with Crippen molar-refractivity contribution >= 4 is 34.1 Å². The Labute approximate surface area is 166 Å². The van der Waals surface area contributed by atoms with Gasteiger partial charge >= 0.3 is 5.97 Å². The molecule has 6 nitrogen and oxygen atoms in total. The molecule has 28 heavy (non-hydrogen) atoms. The average Bonchev–Trinajstić information content (AvgIpc) is 3.31. The summed E-state index contributed by atoms with van der Waals surface area (Å²) in [5.74, 6) is -0.472. The minimum absolute atomic E-state index is 0.0848. The number of esters is 1. The summed E-state index contributed by atoms with van der Waals surface area (Å²) in [6.45, 7) is 1.83. The molecule has 0 saturated heterocycles. The number of thiazole rings is 1. The standard InChI is InChI=1S/C21H17N3O3S/c1-13-12-17(25)24(23-13)21-22-18(19(28-21)15-6-4-3-5-7-15)14-8-10-16(11-9-14)20(26)27-2/h3-11H,12H2,1-2H3. The summed E-state index contributed by atoms with van der Waals surface area (Å²) < 4.78 is 4.76. The maximum absolute atomic E-state index is 12.3. The van der Waals surface area contributed by atoms with Crippen molar-refractivity contribution in [3.05, 3.63) is 60.2 Å². The van der Waals surface area contributed by atoms with Crippen LogP contribution in [0.15, 0.2) is 59.7 Å². The summed E-state index contributed by atoms with van der Waals surface area (Å²) in [7, 11) is 1.35. The number of hydrazone groups is 1. The van der Waals surface area contributed by atoms with E-state index in [-0.39, 0.29) is 11.9 Å². The Morgan fingerprint density at radius 3 is 2.39 bits per heavy atom. The number of hydrogen-bond donors (Lipinski definition) is 0. The number of aromatic nitrogens is 1. The number of hydrogen-bond acceptors (Lipinski definition) is 6. The Bertz CT molecular complexity index is 1070. The summed E-state index contributed by atoms with van der Waals surface area (Å²) in [5.41, 5.74) is 3.84. The normalized spacial score (nSPS) is 13.6. The highest BCUT2D eigenvalue weighted by atomic mass is 32.1. The fourth-order valence-corrected chi connectivity index (χ4v) is 4.03. The minimum atomic E-state index is -0.388. The molecule has 0 fully saturated rings. The van der Waals surface area contributed by atoms with Crippen LogP contribution >= 0.6 is 11.3 Å². The Morgan fingerprint density at radius 2 is 1.79 bits per heavy atom. The number of nitrogens with zero attached hydrogens (tertiary/aromatic N) is 3. The molecule has 1 amide bonds. The summed E-state index contributed by atoms with van der Waals surface area (Å²) in [6, 6.07) is 17.0. The molecule has 3 aromatic rings. The molecule has 140 valence electrons. The van der Waals surface area contributed by atoms with Crippen molar-refractivity contribution in [1.82, 2.24) is 4.98 Å². The number of benzene rings is 2. The van der Waals surface area contributed by atoms with E-state index < -0.39 is 0 Å². The second-order valence-electron chi connectivity index (χ2n) is 6.33. The smallest absolute Gasteiger partial charge is 0.337 e. The number of carbonyl (C=O) groups is 2. The molecule has 0 aliphatic carbocycles. The molecule has 1 aromatic heterocycles. The predicted octanol–water partition coefficient (Wildman–Crippen LogP) is 4.38. The molecular formula is C21H17N3O3S. The van der Waals surface area contributed by atoms with Crippen molar-refractivity contribution in [3.8, 4) is 21.7 Å². The van der Waals surface area contributed by atoms with Gasteiger partial charge in [0.2, 0.25) is 5.13 Å². The molecule has 2 heterocycles. The van der Waals surface area contributed by atoms with E-state index in [1.807, 2.05) is 49.4 Å². The molecule has 1 aliphatic heterocycles. The summed E-state index contributed by atoms with van der Waals surface area (Å²) >= 11 is 1.42. The lowest BCUT2D eigenvalue weighted by Crippen LogP contribution is -2.19. The van der Waals surface area contributed by atoms with Crippen molar-refractivity contribution in [2.45, 2.75) is 13.3 Å². The Kier molecular flexibility index (Phi) is 4.75. The fourth-order valence-electron chi connectivity index (χ4n) is 2.97. The minimum Gasteiger partial charge on any atom is -0.465 e. The molecule has 4 rings (SSSR count). The molecule has 0 N–H and O–H groups in total. The summed E-state index contributed by atoms with van der Waals surface area (Å²) in [6.07, 6.45) is 0.309. The third kappa shape index (κ3) is 3.32. The highest BCUT2D eigenvalue weighted by Gasteiger charge is 2.27. The lowest BCUT2D eigenvalue weighted by atomic mass is 10.1. The SMILES string of the molecule is COC(=O)c1ccc(-c2nc(N3N=C(C)CC3=O)sc2-c2ccccc2)cc1. The van der Waals surface area contributed by atoms with E-state index in [4.69, 9.17) is 9.72 Å². The molecule has 0 bridgehead atoms. The zero-order chi connectivity index (χ0) is 19.7. The van der Waals surface area contributed by atoms with Crippen molar-refractivity contribution in [2.24, 2.45) is 5.10 Å². The zero-order valence-electron chi connectivity index (χ0n) is 15.4. The molecule has 1 aliphatic rings. The number of anilines is 1. The molecule has 0 unspecified atom stereocenters. The first-order valence-corrected chi connectivity index (χ1v) is 9.50. The lowest BCUT2D eigenvalue weighted by Gasteiger charge is -2.06. The van der Waals surface area contributed by atoms with Gasteiger partial charge in [0.15, 0.2) is 0 Å².